The van der Waals surface area contributed by atoms with Crippen LogP contribution in [0, 0.1) is 13.8 Å². The first-order valence-corrected chi connectivity index (χ1v) is 11.7. The van der Waals surface area contributed by atoms with Gasteiger partial charge in [0.15, 0.2) is 5.16 Å². The van der Waals surface area contributed by atoms with Gasteiger partial charge < -0.3 is 9.14 Å². The van der Waals surface area contributed by atoms with Gasteiger partial charge in [0.05, 0.1) is 29.4 Å². The van der Waals surface area contributed by atoms with Crippen molar-refractivity contribution >= 4 is 39.9 Å². The minimum Gasteiger partial charge on any atom is -0.495 e. The van der Waals surface area contributed by atoms with Crippen molar-refractivity contribution in [1.82, 2.24) is 18.9 Å². The van der Waals surface area contributed by atoms with Crippen molar-refractivity contribution in [2.45, 2.75) is 24.8 Å². The number of aryl methyl sites for hydroxylation is 2. The second kappa shape index (κ2) is 8.57. The molecule has 3 heterocycles. The third-order valence-corrected chi connectivity index (χ3v) is 6.90. The summed E-state index contributed by atoms with van der Waals surface area (Å²) in [5.74, 6) is 1.07. The van der Waals surface area contributed by atoms with Gasteiger partial charge in [-0.3, -0.25) is 9.36 Å². The van der Waals surface area contributed by atoms with Gasteiger partial charge in [0.1, 0.15) is 11.4 Å². The van der Waals surface area contributed by atoms with E-state index in [0.29, 0.717) is 38.3 Å². The van der Waals surface area contributed by atoms with E-state index in [4.69, 9.17) is 26.3 Å². The van der Waals surface area contributed by atoms with Gasteiger partial charge in [-0.05, 0) is 49.2 Å². The third-order valence-electron chi connectivity index (χ3n) is 5.52. The summed E-state index contributed by atoms with van der Waals surface area (Å²) in [5.41, 5.74) is 4.88. The zero-order valence-electron chi connectivity index (χ0n) is 18.4. The Kier molecular flexibility index (Phi) is 5.60. The molecule has 6 nitrogen and oxygen atoms in total. The van der Waals surface area contributed by atoms with Crippen LogP contribution >= 0.6 is 23.4 Å². The Hall–Kier alpha value is -3.29. The third kappa shape index (κ3) is 3.87. The van der Waals surface area contributed by atoms with Crippen LogP contribution in [0.2, 0.25) is 5.02 Å². The number of ether oxygens (including phenoxy) is 1. The molecule has 0 aliphatic carbocycles. The molecule has 2 aromatic carbocycles. The molecule has 0 amide bonds. The SMILES string of the molecule is COc1cc(Cl)c(C)cc1-n1c(SCc2cn3cccc(C)c3n2)nc2ccccc2c1=O. The summed E-state index contributed by atoms with van der Waals surface area (Å²) in [5, 5.41) is 1.68. The summed E-state index contributed by atoms with van der Waals surface area (Å²) in [6, 6.07) is 15.0. The number of thioether (sulfide) groups is 1. The molecular weight excluding hydrogens is 456 g/mol. The largest absolute Gasteiger partial charge is 0.495 e. The summed E-state index contributed by atoms with van der Waals surface area (Å²) < 4.78 is 9.20. The number of fused-ring (bicyclic) bond motifs is 2. The van der Waals surface area contributed by atoms with E-state index >= 15 is 0 Å². The summed E-state index contributed by atoms with van der Waals surface area (Å²) >= 11 is 7.78. The average molecular weight is 477 g/mol. The maximum absolute atomic E-state index is 13.6. The molecule has 0 aliphatic heterocycles. The predicted molar refractivity (Wildman–Crippen MR) is 133 cm³/mol. The standard InChI is InChI=1S/C25H21ClN4O2S/c1-15-7-6-10-29-13-17(27-23(15)29)14-33-25-28-20-9-5-4-8-18(20)24(31)30(25)21-11-16(2)19(26)12-22(21)32-3/h4-13H,14H2,1-3H3. The second-order valence-corrected chi connectivity index (χ2v) is 9.12. The molecule has 0 unspecified atom stereocenters. The summed E-state index contributed by atoms with van der Waals surface area (Å²) in [6.07, 6.45) is 3.99. The van der Waals surface area contributed by atoms with Crippen molar-refractivity contribution in [3.63, 3.8) is 0 Å². The number of pyridine rings is 1. The molecule has 33 heavy (non-hydrogen) atoms. The molecule has 0 aliphatic rings. The normalized spacial score (nSPS) is 11.4. The van der Waals surface area contributed by atoms with Gasteiger partial charge >= 0.3 is 0 Å². The molecule has 0 saturated heterocycles. The highest BCUT2D eigenvalue weighted by Gasteiger charge is 2.18. The van der Waals surface area contributed by atoms with Gasteiger partial charge in [-0.1, -0.05) is 41.6 Å². The number of rotatable bonds is 5. The van der Waals surface area contributed by atoms with Gasteiger partial charge in [-0.2, -0.15) is 0 Å². The maximum atomic E-state index is 13.6. The number of methoxy groups -OCH3 is 1. The minimum atomic E-state index is -0.158. The molecule has 0 fully saturated rings. The second-order valence-electron chi connectivity index (χ2n) is 7.77. The highest BCUT2D eigenvalue weighted by atomic mass is 35.5. The Balaban J connectivity index is 1.66. The van der Waals surface area contributed by atoms with E-state index in [1.165, 1.54) is 11.8 Å². The molecule has 5 aromatic rings. The van der Waals surface area contributed by atoms with E-state index in [-0.39, 0.29) is 5.56 Å². The fraction of sp³-hybridized carbons (Fsp3) is 0.160. The van der Waals surface area contributed by atoms with Crippen LogP contribution < -0.4 is 10.3 Å². The van der Waals surface area contributed by atoms with Crippen LogP contribution in [0.1, 0.15) is 16.8 Å². The quantitative estimate of drug-likeness (QED) is 0.244. The number of hydrogen-bond acceptors (Lipinski definition) is 5. The van der Waals surface area contributed by atoms with E-state index in [2.05, 4.69) is 0 Å². The van der Waals surface area contributed by atoms with Crippen molar-refractivity contribution < 1.29 is 4.74 Å². The predicted octanol–water partition coefficient (Wildman–Crippen LogP) is 5.60. The van der Waals surface area contributed by atoms with Gasteiger partial charge in [0.2, 0.25) is 0 Å². The molecule has 5 rings (SSSR count). The fourth-order valence-corrected chi connectivity index (χ4v) is 4.86. The summed E-state index contributed by atoms with van der Waals surface area (Å²) in [7, 11) is 1.57. The van der Waals surface area contributed by atoms with Gasteiger partial charge in [0.25, 0.3) is 5.56 Å². The van der Waals surface area contributed by atoms with E-state index in [1.54, 1.807) is 23.8 Å². The fourth-order valence-electron chi connectivity index (χ4n) is 3.82. The van der Waals surface area contributed by atoms with Crippen molar-refractivity contribution in [3.05, 3.63) is 93.1 Å². The minimum absolute atomic E-state index is 0.158. The number of imidazole rings is 1. The smallest absolute Gasteiger partial charge is 0.266 e. The van der Waals surface area contributed by atoms with Gasteiger partial charge in [0, 0.05) is 29.2 Å². The van der Waals surface area contributed by atoms with Crippen LogP contribution in [0.5, 0.6) is 5.75 Å². The van der Waals surface area contributed by atoms with Crippen LogP contribution in [-0.4, -0.2) is 26.0 Å². The monoisotopic (exact) mass is 476 g/mol. The van der Waals surface area contributed by atoms with Crippen LogP contribution in [0.15, 0.2) is 70.9 Å². The van der Waals surface area contributed by atoms with E-state index in [9.17, 15) is 4.79 Å². The molecule has 0 bridgehead atoms. The Morgan fingerprint density at radius 2 is 1.88 bits per heavy atom. The first-order valence-electron chi connectivity index (χ1n) is 10.4. The number of nitrogens with zero attached hydrogens (tertiary/aromatic N) is 4. The number of benzene rings is 2. The summed E-state index contributed by atoms with van der Waals surface area (Å²) in [4.78, 5) is 23.2. The molecule has 166 valence electrons. The van der Waals surface area contributed by atoms with E-state index in [0.717, 1.165) is 22.5 Å². The topological polar surface area (TPSA) is 61.4 Å². The van der Waals surface area contributed by atoms with Gasteiger partial charge in [-0.15, -0.1) is 0 Å². The average Bonchev–Trinajstić information content (AvgIpc) is 3.24. The lowest BCUT2D eigenvalue weighted by atomic mass is 10.2. The number of aromatic nitrogens is 4. The Morgan fingerprint density at radius 1 is 1.06 bits per heavy atom. The summed E-state index contributed by atoms with van der Waals surface area (Å²) in [6.45, 7) is 3.94. The van der Waals surface area contributed by atoms with Crippen molar-refractivity contribution in [3.8, 4) is 11.4 Å². The van der Waals surface area contributed by atoms with Crippen LogP contribution in [0.25, 0.3) is 22.2 Å². The molecule has 0 spiro atoms. The zero-order valence-corrected chi connectivity index (χ0v) is 19.9. The molecular formula is C25H21ClN4O2S. The molecule has 8 heteroatoms. The van der Waals surface area contributed by atoms with Crippen LogP contribution in [0.3, 0.4) is 0 Å². The Morgan fingerprint density at radius 3 is 2.67 bits per heavy atom. The highest BCUT2D eigenvalue weighted by molar-refractivity contribution is 7.98. The van der Waals surface area contributed by atoms with E-state index in [1.807, 2.05) is 67.0 Å². The first kappa shape index (κ1) is 21.6. The first-order chi connectivity index (χ1) is 16.0. The van der Waals surface area contributed by atoms with Crippen LogP contribution in [0.4, 0.5) is 0 Å². The lowest BCUT2D eigenvalue weighted by Gasteiger charge is -2.17. The van der Waals surface area contributed by atoms with Crippen molar-refractivity contribution in [2.24, 2.45) is 0 Å². The Bertz CT molecular complexity index is 1570. The highest BCUT2D eigenvalue weighted by Crippen LogP contribution is 2.32. The van der Waals surface area contributed by atoms with Crippen molar-refractivity contribution in [1.29, 1.82) is 0 Å². The Labute approximate surface area is 199 Å². The molecule has 0 atom stereocenters. The number of halogens is 1. The number of hydrogen-bond donors (Lipinski definition) is 0. The van der Waals surface area contributed by atoms with Gasteiger partial charge in [-0.25, -0.2) is 9.97 Å². The maximum Gasteiger partial charge on any atom is 0.266 e. The molecule has 3 aromatic heterocycles. The lowest BCUT2D eigenvalue weighted by Crippen LogP contribution is -2.22. The molecule has 0 N–H and O–H groups in total. The van der Waals surface area contributed by atoms with E-state index < -0.39 is 0 Å². The van der Waals surface area contributed by atoms with Crippen molar-refractivity contribution in [2.75, 3.05) is 7.11 Å². The molecule has 0 saturated carbocycles. The molecule has 0 radical (unpaired) electrons. The van der Waals surface area contributed by atoms with Crippen LogP contribution in [-0.2, 0) is 5.75 Å². The zero-order chi connectivity index (χ0) is 23.1. The number of para-hydroxylation sites is 1. The lowest BCUT2D eigenvalue weighted by molar-refractivity contribution is 0.411.